The standard InChI is InChI=1S/C68H81BN2S/c1-61(2,3)40-22-24-43-58(34-40)72-57-21-19-20-52(59(43)57)71-54-39-49-47(66(13,14)29-31-68(49,17)18)37-51(54)69-50-36-46-48(67(15,16)30-28-65(46,11)12)38-53(50)70(55-32-41(62(4,5)6)33-56(71)60(55)69)42-23-25-44-45(35-42)64(9,10)27-26-63(44,7)8/h19-25,32-39H,26-31H2,1-18H3. The minimum absolute atomic E-state index is 0.0411. The largest absolute Gasteiger partial charge is 0.311 e. The zero-order chi connectivity index (χ0) is 51.4. The first-order valence-electron chi connectivity index (χ1n) is 27.7. The monoisotopic (exact) mass is 969 g/mol. The van der Waals surface area contributed by atoms with E-state index in [0.29, 0.717) is 0 Å². The van der Waals surface area contributed by atoms with Crippen molar-refractivity contribution in [2.45, 2.75) is 206 Å². The molecule has 2 nitrogen and oxygen atoms in total. The van der Waals surface area contributed by atoms with Gasteiger partial charge in [0.2, 0.25) is 0 Å². The Morgan fingerprint density at radius 3 is 1.38 bits per heavy atom. The highest BCUT2D eigenvalue weighted by molar-refractivity contribution is 7.26. The summed E-state index contributed by atoms with van der Waals surface area (Å²) in [4.78, 5) is 5.54. The molecular formula is C68H81BN2S. The summed E-state index contributed by atoms with van der Waals surface area (Å²) in [5, 5.41) is 2.71. The average Bonchev–Trinajstić information content (AvgIpc) is 3.68. The number of thiophene rings is 1. The Morgan fingerprint density at radius 2 is 0.861 bits per heavy atom. The number of benzene rings is 6. The second-order valence-corrected chi connectivity index (χ2v) is 30.5. The molecule has 3 aliphatic carbocycles. The van der Waals surface area contributed by atoms with Gasteiger partial charge in [0.1, 0.15) is 0 Å². The van der Waals surface area contributed by atoms with Crippen LogP contribution in [0.25, 0.3) is 20.2 Å². The van der Waals surface area contributed by atoms with Gasteiger partial charge < -0.3 is 9.80 Å². The molecular weight excluding hydrogens is 888 g/mol. The van der Waals surface area contributed by atoms with E-state index in [0.717, 1.165) is 0 Å². The minimum Gasteiger partial charge on any atom is -0.311 e. The maximum Gasteiger partial charge on any atom is 0.252 e. The molecule has 2 aliphatic heterocycles. The maximum atomic E-state index is 2.77. The molecule has 5 aliphatic rings. The zero-order valence-electron chi connectivity index (χ0n) is 47.3. The first kappa shape index (κ1) is 48.2. The predicted octanol–water partition coefficient (Wildman–Crippen LogP) is 17.8. The van der Waals surface area contributed by atoms with E-state index in [2.05, 4.69) is 225 Å². The van der Waals surface area contributed by atoms with Gasteiger partial charge in [-0.1, -0.05) is 161 Å². The maximum absolute atomic E-state index is 2.77. The Balaban J connectivity index is 1.25. The molecule has 0 radical (unpaired) electrons. The van der Waals surface area contributed by atoms with E-state index in [1.54, 1.807) is 0 Å². The van der Waals surface area contributed by atoms with Gasteiger partial charge in [-0.05, 0) is 197 Å². The van der Waals surface area contributed by atoms with E-state index < -0.39 is 0 Å². The number of fused-ring (bicyclic) bond motifs is 10. The molecule has 0 N–H and O–H groups in total. The Labute approximate surface area is 438 Å². The first-order valence-corrected chi connectivity index (χ1v) is 28.5. The lowest BCUT2D eigenvalue weighted by molar-refractivity contribution is 0.332. The summed E-state index contributed by atoms with van der Waals surface area (Å²) in [6.07, 6.45) is 7.11. The molecule has 3 heterocycles. The molecule has 0 unspecified atom stereocenters. The molecule has 0 fully saturated rings. The van der Waals surface area contributed by atoms with E-state index >= 15 is 0 Å². The summed E-state index contributed by atoms with van der Waals surface area (Å²) < 4.78 is 2.72. The summed E-state index contributed by atoms with van der Waals surface area (Å²) in [6, 6.07) is 38.3. The molecule has 1 aromatic heterocycles. The van der Waals surface area contributed by atoms with E-state index in [1.165, 1.54) is 154 Å². The fourth-order valence-electron chi connectivity index (χ4n) is 14.3. The molecule has 4 heteroatoms. The van der Waals surface area contributed by atoms with Crippen LogP contribution in [0.3, 0.4) is 0 Å². The third-order valence-electron chi connectivity index (χ3n) is 19.6. The van der Waals surface area contributed by atoms with Crippen molar-refractivity contribution in [1.82, 2.24) is 0 Å². The van der Waals surface area contributed by atoms with E-state index in [9.17, 15) is 0 Å². The van der Waals surface area contributed by atoms with Gasteiger partial charge in [0.25, 0.3) is 6.71 Å². The van der Waals surface area contributed by atoms with Gasteiger partial charge in [0.15, 0.2) is 0 Å². The van der Waals surface area contributed by atoms with Crippen molar-refractivity contribution in [3.8, 4) is 0 Å². The third-order valence-corrected chi connectivity index (χ3v) is 20.7. The Morgan fingerprint density at radius 1 is 0.403 bits per heavy atom. The molecule has 6 aromatic carbocycles. The van der Waals surface area contributed by atoms with Crippen LogP contribution in [-0.2, 0) is 43.3 Å². The lowest BCUT2D eigenvalue weighted by Crippen LogP contribution is -2.62. The number of nitrogens with zero attached hydrogens (tertiary/aromatic N) is 2. The van der Waals surface area contributed by atoms with Crippen molar-refractivity contribution in [1.29, 1.82) is 0 Å². The summed E-state index contributed by atoms with van der Waals surface area (Å²) in [6.45, 7) is 44.4. The quantitative estimate of drug-likeness (QED) is 0.159. The van der Waals surface area contributed by atoms with Crippen LogP contribution in [0.2, 0.25) is 0 Å². The highest BCUT2D eigenvalue weighted by Gasteiger charge is 2.50. The van der Waals surface area contributed by atoms with Crippen LogP contribution < -0.4 is 26.2 Å². The summed E-state index contributed by atoms with van der Waals surface area (Å²) >= 11 is 1.96. The molecule has 7 aromatic rings. The van der Waals surface area contributed by atoms with Crippen molar-refractivity contribution >= 4 is 88.7 Å². The third kappa shape index (κ3) is 6.98. The van der Waals surface area contributed by atoms with Crippen LogP contribution in [0.1, 0.15) is 208 Å². The van der Waals surface area contributed by atoms with Crippen molar-refractivity contribution in [2.75, 3.05) is 9.80 Å². The van der Waals surface area contributed by atoms with Crippen molar-refractivity contribution in [3.63, 3.8) is 0 Å². The number of hydrogen-bond donors (Lipinski definition) is 0. The Hall–Kier alpha value is -4.80. The topological polar surface area (TPSA) is 6.48 Å². The molecule has 12 rings (SSSR count). The van der Waals surface area contributed by atoms with Gasteiger partial charge in [0.05, 0.1) is 5.69 Å². The molecule has 72 heavy (non-hydrogen) atoms. The van der Waals surface area contributed by atoms with Gasteiger partial charge in [-0.3, -0.25) is 0 Å². The number of anilines is 6. The summed E-state index contributed by atoms with van der Waals surface area (Å²) in [7, 11) is 0. The van der Waals surface area contributed by atoms with Crippen molar-refractivity contribution in [3.05, 3.63) is 136 Å². The summed E-state index contributed by atoms with van der Waals surface area (Å²) in [5.41, 5.74) is 24.5. The zero-order valence-corrected chi connectivity index (χ0v) is 48.1. The Kier molecular flexibility index (Phi) is 10.0. The number of hydrogen-bond acceptors (Lipinski definition) is 3. The van der Waals surface area contributed by atoms with Crippen LogP contribution >= 0.6 is 11.3 Å². The smallest absolute Gasteiger partial charge is 0.252 e. The molecule has 0 saturated carbocycles. The molecule has 0 atom stereocenters. The molecule has 0 spiro atoms. The fraction of sp³-hybridized carbons (Fsp3) is 0.471. The highest BCUT2D eigenvalue weighted by Crippen LogP contribution is 2.56. The van der Waals surface area contributed by atoms with Crippen LogP contribution in [0, 0.1) is 0 Å². The lowest BCUT2D eigenvalue weighted by atomic mass is 9.32. The Bertz CT molecular complexity index is 3460. The number of rotatable bonds is 2. The lowest BCUT2D eigenvalue weighted by Gasteiger charge is -2.49. The van der Waals surface area contributed by atoms with Crippen LogP contribution in [0.5, 0.6) is 0 Å². The normalized spacial score (nSPS) is 20.6. The highest BCUT2D eigenvalue weighted by atomic mass is 32.1. The second-order valence-electron chi connectivity index (χ2n) is 29.4. The van der Waals surface area contributed by atoms with Gasteiger partial charge in [-0.25, -0.2) is 0 Å². The van der Waals surface area contributed by atoms with E-state index in [4.69, 9.17) is 0 Å². The first-order chi connectivity index (χ1) is 33.4. The SMILES string of the molecule is CC(C)(C)c1cc2c3c(c1)N(c1cccc4sc5cc(C(C)(C)C)ccc5c14)c1cc4c(cc1B3c1cc3c(cc1N2c1ccc2c(c1)C(C)(C)CCC2(C)C)C(C)(C)CCC3(C)C)C(C)(C)CCC4(C)C. The van der Waals surface area contributed by atoms with Gasteiger partial charge in [-0.15, -0.1) is 11.3 Å². The van der Waals surface area contributed by atoms with Gasteiger partial charge >= 0.3 is 0 Å². The molecule has 0 amide bonds. The van der Waals surface area contributed by atoms with Crippen molar-refractivity contribution < 1.29 is 0 Å². The predicted molar refractivity (Wildman–Crippen MR) is 317 cm³/mol. The second kappa shape index (κ2) is 15.0. The molecule has 372 valence electrons. The van der Waals surface area contributed by atoms with E-state index in [-0.39, 0.29) is 50.0 Å². The molecule has 0 saturated heterocycles. The van der Waals surface area contributed by atoms with Crippen molar-refractivity contribution in [2.24, 2.45) is 0 Å². The fourth-order valence-corrected chi connectivity index (χ4v) is 15.4. The van der Waals surface area contributed by atoms with Crippen LogP contribution in [0.4, 0.5) is 34.1 Å². The van der Waals surface area contributed by atoms with Gasteiger partial charge in [0, 0.05) is 48.6 Å². The summed E-state index contributed by atoms with van der Waals surface area (Å²) in [5.74, 6) is 0. The van der Waals surface area contributed by atoms with E-state index in [1.807, 2.05) is 11.3 Å². The van der Waals surface area contributed by atoms with Crippen LogP contribution in [0.15, 0.2) is 91.0 Å². The minimum atomic E-state index is -0.116. The van der Waals surface area contributed by atoms with Crippen LogP contribution in [-0.4, -0.2) is 6.71 Å². The van der Waals surface area contributed by atoms with Gasteiger partial charge in [-0.2, -0.15) is 0 Å². The average molecular weight is 969 g/mol. The molecule has 0 bridgehead atoms.